The van der Waals surface area contributed by atoms with Crippen LogP contribution < -0.4 is 11.5 Å². The maximum atomic E-state index is 5.80. The Kier molecular flexibility index (Phi) is 5.45. The zero-order valence-corrected chi connectivity index (χ0v) is 18.7. The van der Waals surface area contributed by atoms with E-state index in [9.17, 15) is 0 Å². The van der Waals surface area contributed by atoms with E-state index in [0.29, 0.717) is 0 Å². The minimum atomic E-state index is 0.780. The van der Waals surface area contributed by atoms with Crippen molar-refractivity contribution in [3.8, 4) is 0 Å². The highest BCUT2D eigenvalue weighted by molar-refractivity contribution is 6.09. The van der Waals surface area contributed by atoms with Gasteiger partial charge in [-0.05, 0) is 77.7 Å². The van der Waals surface area contributed by atoms with Gasteiger partial charge in [0.25, 0.3) is 0 Å². The molecule has 0 bridgehead atoms. The molecule has 0 atom stereocenters. The summed E-state index contributed by atoms with van der Waals surface area (Å²) in [5.74, 6) is 0. The summed E-state index contributed by atoms with van der Waals surface area (Å²) >= 11 is 0. The number of fused-ring (bicyclic) bond motifs is 3. The van der Waals surface area contributed by atoms with Crippen LogP contribution in [-0.4, -0.2) is 4.57 Å². The molecule has 4 N–H and O–H groups in total. The molecule has 0 aliphatic carbocycles. The highest BCUT2D eigenvalue weighted by Crippen LogP contribution is 2.31. The van der Waals surface area contributed by atoms with E-state index in [-0.39, 0.29) is 0 Å². The summed E-state index contributed by atoms with van der Waals surface area (Å²) < 4.78 is 2.38. The minimum Gasteiger partial charge on any atom is -0.399 e. The second-order valence-electron chi connectivity index (χ2n) is 8.30. The molecule has 0 saturated heterocycles. The first-order valence-electron chi connectivity index (χ1n) is 11.2. The SMILES string of the molecule is CCn1c2ccc(C=Cc3ccc(N)cc3)cc2c2cc(C=Cc3ccc(N)cc3)ccc21. The van der Waals surface area contributed by atoms with Gasteiger partial charge in [-0.15, -0.1) is 0 Å². The highest BCUT2D eigenvalue weighted by Gasteiger charge is 2.10. The fraction of sp³-hybridized carbons (Fsp3) is 0.0667. The smallest absolute Gasteiger partial charge is 0.0491 e. The van der Waals surface area contributed by atoms with Gasteiger partial charge in [-0.3, -0.25) is 0 Å². The number of nitrogens with zero attached hydrogens (tertiary/aromatic N) is 1. The van der Waals surface area contributed by atoms with Gasteiger partial charge in [0.05, 0.1) is 0 Å². The van der Waals surface area contributed by atoms with Crippen LogP contribution in [0.3, 0.4) is 0 Å². The molecule has 4 aromatic carbocycles. The summed E-state index contributed by atoms with van der Waals surface area (Å²) in [4.78, 5) is 0. The number of aryl methyl sites for hydroxylation is 1. The van der Waals surface area contributed by atoms with Crippen molar-refractivity contribution in [2.75, 3.05) is 11.5 Å². The van der Waals surface area contributed by atoms with E-state index in [1.54, 1.807) is 0 Å². The van der Waals surface area contributed by atoms with Crippen LogP contribution >= 0.6 is 0 Å². The predicted molar refractivity (Wildman–Crippen MR) is 145 cm³/mol. The number of hydrogen-bond acceptors (Lipinski definition) is 2. The Labute approximate surface area is 194 Å². The van der Waals surface area contributed by atoms with Gasteiger partial charge >= 0.3 is 0 Å². The van der Waals surface area contributed by atoms with Crippen molar-refractivity contribution in [1.29, 1.82) is 0 Å². The number of hydrogen-bond donors (Lipinski definition) is 2. The largest absolute Gasteiger partial charge is 0.399 e. The van der Waals surface area contributed by atoms with Gasteiger partial charge in [0, 0.05) is 39.7 Å². The number of nitrogen functional groups attached to an aromatic ring is 2. The van der Waals surface area contributed by atoms with Gasteiger partial charge in [-0.2, -0.15) is 0 Å². The zero-order valence-electron chi connectivity index (χ0n) is 18.7. The van der Waals surface area contributed by atoms with Crippen molar-refractivity contribution in [3.05, 3.63) is 107 Å². The molecular formula is C30H27N3. The summed E-state index contributed by atoms with van der Waals surface area (Å²) in [6.07, 6.45) is 8.57. The molecule has 0 radical (unpaired) electrons. The second kappa shape index (κ2) is 8.71. The molecule has 3 nitrogen and oxygen atoms in total. The molecule has 0 aliphatic heterocycles. The fourth-order valence-electron chi connectivity index (χ4n) is 4.29. The minimum absolute atomic E-state index is 0.780. The van der Waals surface area contributed by atoms with Crippen molar-refractivity contribution in [1.82, 2.24) is 4.57 Å². The molecule has 1 aromatic heterocycles. The summed E-state index contributed by atoms with van der Waals surface area (Å²) in [6.45, 7) is 3.13. The van der Waals surface area contributed by atoms with E-state index in [4.69, 9.17) is 11.5 Å². The molecular weight excluding hydrogens is 402 g/mol. The number of rotatable bonds is 5. The maximum Gasteiger partial charge on any atom is 0.0491 e. The van der Waals surface area contributed by atoms with Crippen molar-refractivity contribution in [2.24, 2.45) is 0 Å². The van der Waals surface area contributed by atoms with E-state index in [2.05, 4.69) is 72.2 Å². The lowest BCUT2D eigenvalue weighted by Gasteiger charge is -2.03. The molecule has 0 unspecified atom stereocenters. The third kappa shape index (κ3) is 4.26. The lowest BCUT2D eigenvalue weighted by molar-refractivity contribution is 0.827. The summed E-state index contributed by atoms with van der Waals surface area (Å²) in [5, 5.41) is 2.54. The molecule has 0 aliphatic rings. The summed E-state index contributed by atoms with van der Waals surface area (Å²) in [6, 6.07) is 29.2. The van der Waals surface area contributed by atoms with Crippen molar-refractivity contribution >= 4 is 57.5 Å². The topological polar surface area (TPSA) is 57.0 Å². The van der Waals surface area contributed by atoms with Crippen molar-refractivity contribution < 1.29 is 0 Å². The van der Waals surface area contributed by atoms with Gasteiger partial charge in [0.2, 0.25) is 0 Å². The van der Waals surface area contributed by atoms with Crippen molar-refractivity contribution in [3.63, 3.8) is 0 Å². The first-order valence-corrected chi connectivity index (χ1v) is 11.2. The maximum absolute atomic E-state index is 5.80. The van der Waals surface area contributed by atoms with Crippen LogP contribution in [0, 0.1) is 0 Å². The van der Waals surface area contributed by atoms with Crippen LogP contribution in [0.4, 0.5) is 11.4 Å². The number of anilines is 2. The molecule has 162 valence electrons. The number of benzene rings is 4. The van der Waals surface area contributed by atoms with E-state index in [1.807, 2.05) is 48.5 Å². The van der Waals surface area contributed by atoms with Crippen LogP contribution in [0.1, 0.15) is 29.2 Å². The Morgan fingerprint density at radius 2 is 0.909 bits per heavy atom. The Hall–Kier alpha value is -4.24. The number of aromatic nitrogens is 1. The molecule has 3 heteroatoms. The predicted octanol–water partition coefficient (Wildman–Crippen LogP) is 7.32. The fourth-order valence-corrected chi connectivity index (χ4v) is 4.29. The normalized spacial score (nSPS) is 11.9. The molecule has 5 aromatic rings. The first-order chi connectivity index (χ1) is 16.1. The van der Waals surface area contributed by atoms with Gasteiger partial charge in [0.15, 0.2) is 0 Å². The summed E-state index contributed by atoms with van der Waals surface area (Å²) in [5.41, 5.74) is 20.3. The van der Waals surface area contributed by atoms with Crippen LogP contribution in [0.15, 0.2) is 84.9 Å². The van der Waals surface area contributed by atoms with Gasteiger partial charge in [0.1, 0.15) is 0 Å². The molecule has 0 saturated carbocycles. The lowest BCUT2D eigenvalue weighted by atomic mass is 10.1. The lowest BCUT2D eigenvalue weighted by Crippen LogP contribution is -1.92. The average molecular weight is 430 g/mol. The zero-order chi connectivity index (χ0) is 22.8. The van der Waals surface area contributed by atoms with E-state index >= 15 is 0 Å². The Bertz CT molecular complexity index is 1370. The third-order valence-electron chi connectivity index (χ3n) is 6.04. The highest BCUT2D eigenvalue weighted by atomic mass is 15.0. The number of nitrogens with two attached hydrogens (primary N) is 2. The van der Waals surface area contributed by atoms with E-state index in [0.717, 1.165) is 29.0 Å². The quantitative estimate of drug-likeness (QED) is 0.227. The molecule has 0 spiro atoms. The standard InChI is InChI=1S/C30H27N3/c1-2-33-29-17-11-23(5-3-21-7-13-25(31)14-8-21)19-27(29)28-20-24(12-18-30(28)33)6-4-22-9-15-26(32)16-10-22/h3-20H,2,31-32H2,1H3. The molecule has 5 rings (SSSR count). The molecule has 0 fully saturated rings. The van der Waals surface area contributed by atoms with E-state index < -0.39 is 0 Å². The Balaban J connectivity index is 1.54. The van der Waals surface area contributed by atoms with Gasteiger partial charge in [-0.1, -0.05) is 60.7 Å². The van der Waals surface area contributed by atoms with Crippen LogP contribution in [0.2, 0.25) is 0 Å². The van der Waals surface area contributed by atoms with Gasteiger partial charge in [-0.25, -0.2) is 0 Å². The van der Waals surface area contributed by atoms with Gasteiger partial charge < -0.3 is 16.0 Å². The summed E-state index contributed by atoms with van der Waals surface area (Å²) in [7, 11) is 0. The average Bonchev–Trinajstić information content (AvgIpc) is 3.15. The molecule has 1 heterocycles. The van der Waals surface area contributed by atoms with Crippen LogP contribution in [0.25, 0.3) is 46.1 Å². The van der Waals surface area contributed by atoms with E-state index in [1.165, 1.54) is 32.9 Å². The van der Waals surface area contributed by atoms with Crippen molar-refractivity contribution in [2.45, 2.75) is 13.5 Å². The van der Waals surface area contributed by atoms with Crippen LogP contribution in [0.5, 0.6) is 0 Å². The molecule has 0 amide bonds. The third-order valence-corrected chi connectivity index (χ3v) is 6.04. The second-order valence-corrected chi connectivity index (χ2v) is 8.30. The Morgan fingerprint density at radius 3 is 1.30 bits per heavy atom. The Morgan fingerprint density at radius 1 is 0.545 bits per heavy atom. The van der Waals surface area contributed by atoms with Crippen LogP contribution in [-0.2, 0) is 6.54 Å². The molecule has 33 heavy (non-hydrogen) atoms. The first kappa shape index (κ1) is 20.7. The monoisotopic (exact) mass is 429 g/mol.